The summed E-state index contributed by atoms with van der Waals surface area (Å²) in [5.74, 6) is -0.0349. The number of carbonyl (C=O) groups is 2. The van der Waals surface area contributed by atoms with Crippen LogP contribution in [0.2, 0.25) is 0 Å². The first-order valence-electron chi connectivity index (χ1n) is 9.29. The number of hydrogen-bond acceptors (Lipinski definition) is 3. The minimum absolute atomic E-state index is 0.0158. The largest absolute Gasteiger partial charge is 0.393 e. The summed E-state index contributed by atoms with van der Waals surface area (Å²) in [6, 6.07) is 8.37. The average Bonchev–Trinajstić information content (AvgIpc) is 3.40. The van der Waals surface area contributed by atoms with E-state index in [9.17, 15) is 14.7 Å². The number of hydrogen-bond donors (Lipinski definition) is 2. The van der Waals surface area contributed by atoms with Crippen LogP contribution in [0.1, 0.15) is 49.7 Å². The van der Waals surface area contributed by atoms with Crippen molar-refractivity contribution in [1.29, 1.82) is 0 Å². The third kappa shape index (κ3) is 4.40. The molecule has 0 atom stereocenters. The van der Waals surface area contributed by atoms with E-state index in [1.165, 1.54) is 11.1 Å². The molecule has 3 rings (SSSR count). The van der Waals surface area contributed by atoms with Crippen molar-refractivity contribution in [3.05, 3.63) is 35.4 Å². The predicted molar refractivity (Wildman–Crippen MR) is 96.2 cm³/mol. The van der Waals surface area contributed by atoms with E-state index in [4.69, 9.17) is 0 Å². The molecule has 1 aromatic rings. The molecule has 1 aliphatic heterocycles. The number of rotatable bonds is 6. The number of benzene rings is 1. The number of aliphatic hydroxyl groups is 1. The zero-order chi connectivity index (χ0) is 17.9. The zero-order valence-electron chi connectivity index (χ0n) is 15.0. The molecule has 2 fully saturated rings. The van der Waals surface area contributed by atoms with Crippen molar-refractivity contribution in [2.45, 2.75) is 57.0 Å². The SMILES string of the molecule is Cc1ccccc1C1(CNC(=O)CCC(=O)N2CCC(O)CC2)CC1. The van der Waals surface area contributed by atoms with E-state index in [0.29, 0.717) is 32.5 Å². The van der Waals surface area contributed by atoms with E-state index >= 15 is 0 Å². The number of aryl methyl sites for hydroxylation is 1. The summed E-state index contributed by atoms with van der Waals surface area (Å²) in [5, 5.41) is 12.5. The fraction of sp³-hybridized carbons (Fsp3) is 0.600. The second-order valence-corrected chi connectivity index (χ2v) is 7.48. The van der Waals surface area contributed by atoms with Crippen LogP contribution in [0.25, 0.3) is 0 Å². The monoisotopic (exact) mass is 344 g/mol. The molecule has 5 nitrogen and oxygen atoms in total. The maximum atomic E-state index is 12.2. The smallest absolute Gasteiger partial charge is 0.223 e. The quantitative estimate of drug-likeness (QED) is 0.828. The van der Waals surface area contributed by atoms with E-state index < -0.39 is 0 Å². The van der Waals surface area contributed by atoms with Crippen LogP contribution in [-0.2, 0) is 15.0 Å². The molecule has 5 heteroatoms. The third-order valence-electron chi connectivity index (χ3n) is 5.58. The van der Waals surface area contributed by atoms with Crippen LogP contribution in [0.4, 0.5) is 0 Å². The van der Waals surface area contributed by atoms with Gasteiger partial charge in [-0.05, 0) is 43.7 Å². The molecule has 136 valence electrons. The van der Waals surface area contributed by atoms with E-state index in [0.717, 1.165) is 12.8 Å². The molecule has 2 N–H and O–H groups in total. The number of carbonyl (C=O) groups excluding carboxylic acids is 2. The lowest BCUT2D eigenvalue weighted by Gasteiger charge is -2.29. The molecule has 0 radical (unpaired) electrons. The third-order valence-corrected chi connectivity index (χ3v) is 5.58. The summed E-state index contributed by atoms with van der Waals surface area (Å²) in [4.78, 5) is 26.1. The Morgan fingerprint density at radius 3 is 2.52 bits per heavy atom. The van der Waals surface area contributed by atoms with Gasteiger partial charge in [-0.2, -0.15) is 0 Å². The Morgan fingerprint density at radius 2 is 1.88 bits per heavy atom. The van der Waals surface area contributed by atoms with Crippen molar-refractivity contribution in [3.8, 4) is 0 Å². The van der Waals surface area contributed by atoms with Gasteiger partial charge < -0.3 is 15.3 Å². The first-order valence-corrected chi connectivity index (χ1v) is 9.29. The lowest BCUT2D eigenvalue weighted by Crippen LogP contribution is -2.40. The van der Waals surface area contributed by atoms with E-state index in [2.05, 4.69) is 30.4 Å². The number of piperidine rings is 1. The highest BCUT2D eigenvalue weighted by Gasteiger charge is 2.45. The van der Waals surface area contributed by atoms with Crippen molar-refractivity contribution in [2.75, 3.05) is 19.6 Å². The molecule has 0 spiro atoms. The van der Waals surface area contributed by atoms with E-state index in [-0.39, 0.29) is 36.2 Å². The Kier molecular flexibility index (Phi) is 5.42. The molecule has 1 saturated carbocycles. The number of nitrogens with zero attached hydrogens (tertiary/aromatic N) is 1. The van der Waals surface area contributed by atoms with Gasteiger partial charge in [-0.1, -0.05) is 24.3 Å². The van der Waals surface area contributed by atoms with Gasteiger partial charge in [0.2, 0.25) is 11.8 Å². The molecule has 1 heterocycles. The number of amides is 2. The predicted octanol–water partition coefficient (Wildman–Crippen LogP) is 1.91. The summed E-state index contributed by atoms with van der Waals surface area (Å²) in [7, 11) is 0. The van der Waals surface area contributed by atoms with E-state index in [1.54, 1.807) is 4.90 Å². The number of likely N-dealkylation sites (tertiary alicyclic amines) is 1. The van der Waals surface area contributed by atoms with E-state index in [1.807, 2.05) is 6.07 Å². The Morgan fingerprint density at radius 1 is 1.20 bits per heavy atom. The van der Waals surface area contributed by atoms with Crippen molar-refractivity contribution in [1.82, 2.24) is 10.2 Å². The van der Waals surface area contributed by atoms with Crippen LogP contribution < -0.4 is 5.32 Å². The maximum absolute atomic E-state index is 12.2. The van der Waals surface area contributed by atoms with Crippen molar-refractivity contribution in [2.24, 2.45) is 0 Å². The van der Waals surface area contributed by atoms with Gasteiger partial charge in [0.15, 0.2) is 0 Å². The van der Waals surface area contributed by atoms with Gasteiger partial charge in [-0.15, -0.1) is 0 Å². The molecule has 1 aromatic carbocycles. The van der Waals surface area contributed by atoms with Crippen LogP contribution in [0.5, 0.6) is 0 Å². The molecule has 0 aromatic heterocycles. The van der Waals surface area contributed by atoms with Gasteiger partial charge in [0.1, 0.15) is 0 Å². The van der Waals surface area contributed by atoms with Crippen LogP contribution >= 0.6 is 0 Å². The zero-order valence-corrected chi connectivity index (χ0v) is 15.0. The Labute approximate surface area is 149 Å². The van der Waals surface area contributed by atoms with Crippen LogP contribution in [0, 0.1) is 6.92 Å². The fourth-order valence-corrected chi connectivity index (χ4v) is 3.71. The molecular formula is C20H28N2O3. The fourth-order valence-electron chi connectivity index (χ4n) is 3.71. The van der Waals surface area contributed by atoms with Gasteiger partial charge in [-0.25, -0.2) is 0 Å². The van der Waals surface area contributed by atoms with Gasteiger partial charge in [-0.3, -0.25) is 9.59 Å². The topological polar surface area (TPSA) is 69.6 Å². The first kappa shape index (κ1) is 17.9. The second kappa shape index (κ2) is 7.56. The summed E-state index contributed by atoms with van der Waals surface area (Å²) < 4.78 is 0. The van der Waals surface area contributed by atoms with Gasteiger partial charge in [0, 0.05) is 37.9 Å². The minimum atomic E-state index is -0.288. The van der Waals surface area contributed by atoms with Crippen LogP contribution in [0.3, 0.4) is 0 Å². The second-order valence-electron chi connectivity index (χ2n) is 7.48. The van der Waals surface area contributed by atoms with Crippen LogP contribution in [0.15, 0.2) is 24.3 Å². The highest BCUT2D eigenvalue weighted by molar-refractivity contribution is 5.83. The number of nitrogens with one attached hydrogen (secondary N) is 1. The molecule has 1 saturated heterocycles. The van der Waals surface area contributed by atoms with Crippen molar-refractivity contribution < 1.29 is 14.7 Å². The Balaban J connectivity index is 1.43. The summed E-state index contributed by atoms with van der Waals surface area (Å²) in [6.07, 6.45) is 3.68. The molecular weight excluding hydrogens is 316 g/mol. The lowest BCUT2D eigenvalue weighted by molar-refractivity contribution is -0.135. The highest BCUT2D eigenvalue weighted by Crippen LogP contribution is 2.48. The summed E-state index contributed by atoms with van der Waals surface area (Å²) in [6.45, 7) is 3.96. The molecule has 2 aliphatic rings. The first-order chi connectivity index (χ1) is 12.0. The molecule has 1 aliphatic carbocycles. The number of aliphatic hydroxyl groups excluding tert-OH is 1. The molecule has 0 unspecified atom stereocenters. The minimum Gasteiger partial charge on any atom is -0.393 e. The highest BCUT2D eigenvalue weighted by atomic mass is 16.3. The van der Waals surface area contributed by atoms with Crippen molar-refractivity contribution in [3.63, 3.8) is 0 Å². The molecule has 2 amide bonds. The Hall–Kier alpha value is -1.88. The van der Waals surface area contributed by atoms with Gasteiger partial charge in [0.05, 0.1) is 6.10 Å². The summed E-state index contributed by atoms with van der Waals surface area (Å²) >= 11 is 0. The Bertz CT molecular complexity index is 632. The summed E-state index contributed by atoms with van der Waals surface area (Å²) in [5.41, 5.74) is 2.70. The van der Waals surface area contributed by atoms with Crippen LogP contribution in [-0.4, -0.2) is 47.6 Å². The standard InChI is InChI=1S/C20H28N2O3/c1-15-4-2-3-5-17(15)20(10-11-20)14-21-18(24)6-7-19(25)22-12-8-16(23)9-13-22/h2-5,16,23H,6-14H2,1H3,(H,21,24). The average molecular weight is 344 g/mol. The normalized spacial score (nSPS) is 19.5. The molecule has 25 heavy (non-hydrogen) atoms. The van der Waals surface area contributed by atoms with Gasteiger partial charge >= 0.3 is 0 Å². The maximum Gasteiger partial charge on any atom is 0.223 e. The lowest BCUT2D eigenvalue weighted by atomic mass is 9.92. The van der Waals surface area contributed by atoms with Gasteiger partial charge in [0.25, 0.3) is 0 Å². The van der Waals surface area contributed by atoms with Crippen molar-refractivity contribution >= 4 is 11.8 Å². The molecule has 0 bridgehead atoms.